The van der Waals surface area contributed by atoms with Gasteiger partial charge in [-0.2, -0.15) is 0 Å². The second-order valence-electron chi connectivity index (χ2n) is 1.93. The fraction of sp³-hybridized carbons (Fsp3) is 0.125. The number of hydrogen-bond donors (Lipinski definition) is 0. The predicted molar refractivity (Wildman–Crippen MR) is 37.4 cm³/mol. The fourth-order valence-electron chi connectivity index (χ4n) is 0.714. The smallest absolute Gasteiger partial charge is 0.168 e. The highest BCUT2D eigenvalue weighted by Crippen LogP contribution is 2.18. The Balaban J connectivity index is 3.14. The molecule has 0 fully saturated rings. The first-order valence-corrected chi connectivity index (χ1v) is 2.90. The lowest BCUT2D eigenvalue weighted by Crippen LogP contribution is -1.89. The Morgan fingerprint density at radius 1 is 1.50 bits per heavy atom. The third-order valence-corrected chi connectivity index (χ3v) is 1.26. The van der Waals surface area contributed by atoms with E-state index in [1.165, 1.54) is 7.11 Å². The molecule has 53 valence electrons. The SMILES string of the molecule is [CH2]c1cccc(OC)c1F. The minimum atomic E-state index is -0.384. The zero-order valence-electron chi connectivity index (χ0n) is 5.73. The Labute approximate surface area is 59.4 Å². The van der Waals surface area contributed by atoms with Crippen molar-refractivity contribution in [1.29, 1.82) is 0 Å². The summed E-state index contributed by atoms with van der Waals surface area (Å²) in [5.74, 6) is -0.141. The molecule has 1 nitrogen and oxygen atoms in total. The van der Waals surface area contributed by atoms with Gasteiger partial charge < -0.3 is 4.74 Å². The highest BCUT2D eigenvalue weighted by atomic mass is 19.1. The van der Waals surface area contributed by atoms with Crippen molar-refractivity contribution in [2.75, 3.05) is 7.11 Å². The Morgan fingerprint density at radius 3 is 2.70 bits per heavy atom. The minimum Gasteiger partial charge on any atom is -0.494 e. The monoisotopic (exact) mass is 139 g/mol. The van der Waals surface area contributed by atoms with Crippen LogP contribution in [0.25, 0.3) is 0 Å². The molecule has 0 aromatic heterocycles. The molecule has 0 aliphatic heterocycles. The molecule has 0 saturated carbocycles. The molecule has 1 rings (SSSR count). The van der Waals surface area contributed by atoms with Crippen molar-refractivity contribution in [2.24, 2.45) is 0 Å². The van der Waals surface area contributed by atoms with Crippen LogP contribution in [0.15, 0.2) is 18.2 Å². The lowest BCUT2D eigenvalue weighted by Gasteiger charge is -2.01. The molecule has 0 amide bonds. The van der Waals surface area contributed by atoms with Gasteiger partial charge in [0.2, 0.25) is 0 Å². The van der Waals surface area contributed by atoms with E-state index in [-0.39, 0.29) is 11.6 Å². The number of halogens is 1. The van der Waals surface area contributed by atoms with Gasteiger partial charge in [-0.25, -0.2) is 4.39 Å². The third-order valence-electron chi connectivity index (χ3n) is 1.26. The van der Waals surface area contributed by atoms with Crippen LogP contribution in [-0.4, -0.2) is 7.11 Å². The molecule has 0 atom stereocenters. The second-order valence-corrected chi connectivity index (χ2v) is 1.93. The fourth-order valence-corrected chi connectivity index (χ4v) is 0.714. The zero-order chi connectivity index (χ0) is 7.56. The number of ether oxygens (including phenoxy) is 1. The molecule has 0 unspecified atom stereocenters. The van der Waals surface area contributed by atoms with Crippen LogP contribution in [-0.2, 0) is 0 Å². The Kier molecular flexibility index (Phi) is 1.90. The normalized spacial score (nSPS) is 9.50. The molecule has 0 aliphatic rings. The summed E-state index contributed by atoms with van der Waals surface area (Å²) in [5.41, 5.74) is 0.361. The lowest BCUT2D eigenvalue weighted by molar-refractivity contribution is 0.386. The Morgan fingerprint density at radius 2 is 2.20 bits per heavy atom. The van der Waals surface area contributed by atoms with E-state index < -0.39 is 0 Å². The molecule has 0 N–H and O–H groups in total. The van der Waals surface area contributed by atoms with Crippen molar-refractivity contribution in [3.63, 3.8) is 0 Å². The van der Waals surface area contributed by atoms with E-state index in [4.69, 9.17) is 4.74 Å². The standard InChI is InChI=1S/C8H8FO/c1-6-4-3-5-7(10-2)8(6)9/h3-5H,1H2,2H3. The summed E-state index contributed by atoms with van der Waals surface area (Å²) in [7, 11) is 1.43. The van der Waals surface area contributed by atoms with Gasteiger partial charge in [0.05, 0.1) is 7.11 Å². The van der Waals surface area contributed by atoms with Crippen LogP contribution in [0.5, 0.6) is 5.75 Å². The summed E-state index contributed by atoms with van der Waals surface area (Å²) in [6.07, 6.45) is 0. The van der Waals surface area contributed by atoms with Crippen molar-refractivity contribution in [1.82, 2.24) is 0 Å². The van der Waals surface area contributed by atoms with Gasteiger partial charge in [0.1, 0.15) is 0 Å². The number of methoxy groups -OCH3 is 1. The summed E-state index contributed by atoms with van der Waals surface area (Å²) in [6, 6.07) is 4.85. The largest absolute Gasteiger partial charge is 0.494 e. The molecule has 0 aliphatic carbocycles. The van der Waals surface area contributed by atoms with Crippen molar-refractivity contribution >= 4 is 0 Å². The van der Waals surface area contributed by atoms with Crippen LogP contribution < -0.4 is 4.74 Å². The van der Waals surface area contributed by atoms with Gasteiger partial charge in [0.25, 0.3) is 0 Å². The van der Waals surface area contributed by atoms with Crippen molar-refractivity contribution < 1.29 is 9.13 Å². The summed E-state index contributed by atoms with van der Waals surface area (Å²) < 4.78 is 17.5. The number of hydrogen-bond acceptors (Lipinski definition) is 1. The molecule has 0 heterocycles. The van der Waals surface area contributed by atoms with E-state index >= 15 is 0 Å². The number of benzene rings is 1. The van der Waals surface area contributed by atoms with Crippen LogP contribution in [0.4, 0.5) is 4.39 Å². The van der Waals surface area contributed by atoms with Gasteiger partial charge in [0.15, 0.2) is 11.6 Å². The van der Waals surface area contributed by atoms with E-state index in [0.717, 1.165) is 0 Å². The molecule has 0 saturated heterocycles. The highest BCUT2D eigenvalue weighted by molar-refractivity contribution is 5.32. The van der Waals surface area contributed by atoms with Crippen LogP contribution in [0.3, 0.4) is 0 Å². The van der Waals surface area contributed by atoms with Gasteiger partial charge in [-0.15, -0.1) is 0 Å². The van der Waals surface area contributed by atoms with Gasteiger partial charge in [-0.05, 0) is 18.6 Å². The van der Waals surface area contributed by atoms with Crippen LogP contribution in [0.2, 0.25) is 0 Å². The molecule has 1 aromatic rings. The maximum Gasteiger partial charge on any atom is 0.168 e. The second kappa shape index (κ2) is 2.69. The molecule has 10 heavy (non-hydrogen) atoms. The third kappa shape index (κ3) is 1.10. The first-order valence-electron chi connectivity index (χ1n) is 2.90. The van der Waals surface area contributed by atoms with Crippen LogP contribution in [0, 0.1) is 12.7 Å². The van der Waals surface area contributed by atoms with E-state index in [1.807, 2.05) is 0 Å². The Hall–Kier alpha value is -1.05. The van der Waals surface area contributed by atoms with Gasteiger partial charge >= 0.3 is 0 Å². The average Bonchev–Trinajstić information content (AvgIpc) is 1.95. The maximum atomic E-state index is 12.8. The quantitative estimate of drug-likeness (QED) is 0.578. The maximum absolute atomic E-state index is 12.8. The van der Waals surface area contributed by atoms with E-state index in [1.54, 1.807) is 18.2 Å². The first-order chi connectivity index (χ1) is 4.75. The van der Waals surface area contributed by atoms with Crippen molar-refractivity contribution in [2.45, 2.75) is 0 Å². The zero-order valence-corrected chi connectivity index (χ0v) is 5.73. The topological polar surface area (TPSA) is 9.23 Å². The molecule has 0 bridgehead atoms. The van der Waals surface area contributed by atoms with Crippen molar-refractivity contribution in [3.05, 3.63) is 36.5 Å². The molecule has 1 aromatic carbocycles. The van der Waals surface area contributed by atoms with E-state index in [2.05, 4.69) is 6.92 Å². The minimum absolute atomic E-state index is 0.243. The van der Waals surface area contributed by atoms with E-state index in [9.17, 15) is 4.39 Å². The first kappa shape index (κ1) is 7.06. The molecule has 1 radical (unpaired) electrons. The van der Waals surface area contributed by atoms with Gasteiger partial charge in [0, 0.05) is 0 Å². The van der Waals surface area contributed by atoms with Gasteiger partial charge in [-0.3, -0.25) is 0 Å². The van der Waals surface area contributed by atoms with Crippen LogP contribution >= 0.6 is 0 Å². The Bertz CT molecular complexity index is 233. The van der Waals surface area contributed by atoms with Gasteiger partial charge in [-0.1, -0.05) is 12.1 Å². The summed E-state index contributed by atoms with van der Waals surface area (Å²) in [5, 5.41) is 0. The van der Waals surface area contributed by atoms with Crippen LogP contribution in [0.1, 0.15) is 5.56 Å². The van der Waals surface area contributed by atoms with E-state index in [0.29, 0.717) is 5.56 Å². The highest BCUT2D eigenvalue weighted by Gasteiger charge is 2.02. The lowest BCUT2D eigenvalue weighted by atomic mass is 10.2. The van der Waals surface area contributed by atoms with Crippen molar-refractivity contribution in [3.8, 4) is 5.75 Å². The molecule has 2 heteroatoms. The molecular weight excluding hydrogens is 131 g/mol. The molecular formula is C8H8FO. The summed E-state index contributed by atoms with van der Waals surface area (Å²) >= 11 is 0. The predicted octanol–water partition coefficient (Wildman–Crippen LogP) is 2.02. The summed E-state index contributed by atoms with van der Waals surface area (Å²) in [6.45, 7) is 3.47. The number of rotatable bonds is 1. The molecule has 0 spiro atoms. The summed E-state index contributed by atoms with van der Waals surface area (Å²) in [4.78, 5) is 0. The average molecular weight is 139 g/mol.